The Morgan fingerprint density at radius 1 is 1.15 bits per heavy atom. The van der Waals surface area contributed by atoms with Crippen LogP contribution in [0, 0.1) is 0 Å². The second-order valence-electron chi connectivity index (χ2n) is 4.16. The number of methoxy groups -OCH3 is 1. The maximum absolute atomic E-state index is 11.5. The van der Waals surface area contributed by atoms with Gasteiger partial charge in [0, 0.05) is 20.0 Å². The van der Waals surface area contributed by atoms with Crippen LogP contribution in [0.4, 0.5) is 0 Å². The molecule has 2 unspecified atom stereocenters. The highest BCUT2D eigenvalue weighted by molar-refractivity contribution is 7.55. The Morgan fingerprint density at radius 3 is 2.20 bits per heavy atom. The van der Waals surface area contributed by atoms with E-state index in [0.29, 0.717) is 5.82 Å². The number of phosphoric ester groups is 1. The van der Waals surface area contributed by atoms with Crippen LogP contribution in [-0.2, 0) is 27.7 Å². The quantitative estimate of drug-likeness (QED) is 0.598. The van der Waals surface area contributed by atoms with Crippen molar-refractivity contribution in [1.82, 2.24) is 0 Å². The van der Waals surface area contributed by atoms with Gasteiger partial charge in [0.25, 0.3) is 0 Å². The van der Waals surface area contributed by atoms with E-state index in [1.54, 1.807) is 6.92 Å². The molecular weight excluding hydrogens is 314 g/mol. The molecule has 0 bridgehead atoms. The Balaban J connectivity index is 2.94. The molecule has 0 saturated carbocycles. The maximum atomic E-state index is 11.5. The summed E-state index contributed by atoms with van der Waals surface area (Å²) in [6.07, 6.45) is -2.08. The van der Waals surface area contributed by atoms with Gasteiger partial charge < -0.3 is 24.2 Å². The predicted octanol–water partition coefficient (Wildman–Crippen LogP) is 0.612. The zero-order valence-corrected chi connectivity index (χ0v) is 12.9. The largest absolute Gasteiger partial charge is 0.472 e. The van der Waals surface area contributed by atoms with Crippen LogP contribution in [0.2, 0.25) is 0 Å². The van der Waals surface area contributed by atoms with E-state index >= 15 is 0 Å². The highest BCUT2D eigenvalue weighted by atomic mass is 31.2. The Hall–Kier alpha value is -0.0800. The van der Waals surface area contributed by atoms with Gasteiger partial charge in [-0.3, -0.25) is 13.6 Å². The number of rotatable bonds is 6. The fraction of sp³-hybridized carbons (Fsp3) is 0.778. The van der Waals surface area contributed by atoms with Gasteiger partial charge in [-0.25, -0.2) is 4.57 Å². The monoisotopic (exact) mass is 332 g/mol. The standard InChI is InChI=1S/C9H18O9P2/c1-6-8(15-2)9(18-20(13,14)16-3)7(17-6)4-5-19(10,11)12/h4-9H,1-3H3,(H,13,14)(H2,10,11,12)/b5-4+/t6-,7+,8+,9?/m0/s1. The van der Waals surface area contributed by atoms with E-state index in [4.69, 9.17) is 23.8 Å². The van der Waals surface area contributed by atoms with Gasteiger partial charge >= 0.3 is 15.4 Å². The maximum Gasteiger partial charge on any atom is 0.472 e. The average Bonchev–Trinajstić information content (AvgIpc) is 2.61. The second kappa shape index (κ2) is 6.79. The molecule has 1 rings (SSSR count). The van der Waals surface area contributed by atoms with Crippen LogP contribution in [0.5, 0.6) is 0 Å². The molecule has 20 heavy (non-hydrogen) atoms. The van der Waals surface area contributed by atoms with Crippen LogP contribution in [0.15, 0.2) is 11.9 Å². The predicted molar refractivity (Wildman–Crippen MR) is 68.0 cm³/mol. The SMILES string of the molecule is CO[C@H]1C(OP(=O)(O)OC)[C@@H](/C=C/P(=O)(O)O)O[C@H]1C. The first-order valence-electron chi connectivity index (χ1n) is 5.59. The van der Waals surface area contributed by atoms with Crippen molar-refractivity contribution in [3.8, 4) is 0 Å². The van der Waals surface area contributed by atoms with Crippen molar-refractivity contribution < 1.29 is 42.3 Å². The minimum atomic E-state index is -4.37. The number of hydrogen-bond acceptors (Lipinski definition) is 6. The van der Waals surface area contributed by atoms with Gasteiger partial charge in [0.05, 0.1) is 6.10 Å². The van der Waals surface area contributed by atoms with Crippen molar-refractivity contribution in [2.45, 2.75) is 31.3 Å². The molecule has 1 aliphatic heterocycles. The first-order valence-corrected chi connectivity index (χ1v) is 8.77. The van der Waals surface area contributed by atoms with Crippen molar-refractivity contribution in [3.63, 3.8) is 0 Å². The smallest absolute Gasteiger partial charge is 0.376 e. The fourth-order valence-electron chi connectivity index (χ4n) is 1.85. The fourth-order valence-corrected chi connectivity index (χ4v) is 2.88. The van der Waals surface area contributed by atoms with Crippen molar-refractivity contribution >= 4 is 15.4 Å². The summed E-state index contributed by atoms with van der Waals surface area (Å²) in [5, 5.41) is 0. The lowest BCUT2D eigenvalue weighted by Crippen LogP contribution is -2.35. The zero-order chi connectivity index (χ0) is 15.6. The molecule has 0 spiro atoms. The molecule has 11 heteroatoms. The summed E-state index contributed by atoms with van der Waals surface area (Å²) in [4.78, 5) is 27.0. The van der Waals surface area contributed by atoms with Crippen LogP contribution in [0.3, 0.4) is 0 Å². The molecule has 0 amide bonds. The van der Waals surface area contributed by atoms with E-state index in [-0.39, 0.29) is 0 Å². The van der Waals surface area contributed by atoms with E-state index in [9.17, 15) is 14.0 Å². The van der Waals surface area contributed by atoms with Gasteiger partial charge in [0.2, 0.25) is 0 Å². The van der Waals surface area contributed by atoms with Gasteiger partial charge in [-0.15, -0.1) is 0 Å². The summed E-state index contributed by atoms with van der Waals surface area (Å²) in [5.41, 5.74) is 0. The van der Waals surface area contributed by atoms with Crippen molar-refractivity contribution in [2.75, 3.05) is 14.2 Å². The third-order valence-corrected chi connectivity index (χ3v) is 4.24. The van der Waals surface area contributed by atoms with Crippen molar-refractivity contribution in [2.24, 2.45) is 0 Å². The molecule has 9 nitrogen and oxygen atoms in total. The number of phosphoric acid groups is 1. The second-order valence-corrected chi connectivity index (χ2v) is 7.15. The third kappa shape index (κ3) is 5.04. The van der Waals surface area contributed by atoms with E-state index < -0.39 is 39.8 Å². The number of hydrogen-bond donors (Lipinski definition) is 3. The van der Waals surface area contributed by atoms with Gasteiger partial charge in [-0.05, 0) is 13.0 Å². The summed E-state index contributed by atoms with van der Waals surface area (Å²) >= 11 is 0. The van der Waals surface area contributed by atoms with E-state index in [0.717, 1.165) is 13.2 Å². The first kappa shape index (κ1) is 18.0. The third-order valence-electron chi connectivity index (χ3n) is 2.71. The molecule has 1 saturated heterocycles. The van der Waals surface area contributed by atoms with E-state index in [2.05, 4.69) is 4.52 Å². The lowest BCUT2D eigenvalue weighted by atomic mass is 10.1. The highest BCUT2D eigenvalue weighted by Gasteiger charge is 2.46. The van der Waals surface area contributed by atoms with Gasteiger partial charge in [-0.2, -0.15) is 0 Å². The molecule has 3 N–H and O–H groups in total. The molecule has 5 atom stereocenters. The normalized spacial score (nSPS) is 34.5. The first-order chi connectivity index (χ1) is 9.09. The minimum Gasteiger partial charge on any atom is -0.376 e. The molecule has 1 heterocycles. The lowest BCUT2D eigenvalue weighted by molar-refractivity contribution is -0.00539. The molecule has 1 fully saturated rings. The summed E-state index contributed by atoms with van der Waals surface area (Å²) < 4.78 is 42.1. The molecule has 118 valence electrons. The summed E-state index contributed by atoms with van der Waals surface area (Å²) in [7, 11) is -6.29. The number of ether oxygens (including phenoxy) is 2. The topological polar surface area (TPSA) is 132 Å². The molecule has 0 aromatic heterocycles. The average molecular weight is 332 g/mol. The molecule has 0 aromatic rings. The van der Waals surface area contributed by atoms with Crippen LogP contribution in [0.25, 0.3) is 0 Å². The van der Waals surface area contributed by atoms with Crippen LogP contribution >= 0.6 is 15.4 Å². The van der Waals surface area contributed by atoms with Crippen molar-refractivity contribution in [3.05, 3.63) is 11.9 Å². The highest BCUT2D eigenvalue weighted by Crippen LogP contribution is 2.47. The van der Waals surface area contributed by atoms with Crippen LogP contribution in [-0.4, -0.2) is 53.3 Å². The molecule has 0 aromatic carbocycles. The van der Waals surface area contributed by atoms with Gasteiger partial charge in [0.1, 0.15) is 18.3 Å². The summed E-state index contributed by atoms with van der Waals surface area (Å²) in [6, 6.07) is 0. The Kier molecular flexibility index (Phi) is 6.10. The molecule has 1 aliphatic rings. The Morgan fingerprint density at radius 2 is 1.75 bits per heavy atom. The summed E-state index contributed by atoms with van der Waals surface area (Å²) in [5.74, 6) is 0.647. The Labute approximate surface area is 116 Å². The minimum absolute atomic E-state index is 0.492. The van der Waals surface area contributed by atoms with Gasteiger partial charge in [-0.1, -0.05) is 0 Å². The summed E-state index contributed by atoms with van der Waals surface area (Å²) in [6.45, 7) is 1.64. The Bertz CT molecular complexity index is 445. The zero-order valence-electron chi connectivity index (χ0n) is 11.1. The van der Waals surface area contributed by atoms with E-state index in [1.165, 1.54) is 7.11 Å². The van der Waals surface area contributed by atoms with E-state index in [1.807, 2.05) is 0 Å². The molecular formula is C9H18O9P2. The van der Waals surface area contributed by atoms with Gasteiger partial charge in [0.15, 0.2) is 0 Å². The molecule has 0 aliphatic carbocycles. The van der Waals surface area contributed by atoms with Crippen molar-refractivity contribution in [1.29, 1.82) is 0 Å². The van der Waals surface area contributed by atoms with Crippen LogP contribution in [0.1, 0.15) is 6.92 Å². The lowest BCUT2D eigenvalue weighted by Gasteiger charge is -2.22. The molecule has 0 radical (unpaired) electrons. The van der Waals surface area contributed by atoms with Crippen LogP contribution < -0.4 is 0 Å².